The molecule has 2 heteroatoms. The average molecular weight is 226 g/mol. The molecule has 2 rings (SSSR count). The van der Waals surface area contributed by atoms with Gasteiger partial charge in [-0.15, -0.1) is 0 Å². The van der Waals surface area contributed by atoms with Crippen LogP contribution in [0.15, 0.2) is 42.7 Å². The number of rotatable bonds is 2. The highest BCUT2D eigenvalue weighted by Gasteiger charge is 2.25. The van der Waals surface area contributed by atoms with Gasteiger partial charge < -0.3 is 5.73 Å². The second kappa shape index (κ2) is 4.30. The van der Waals surface area contributed by atoms with E-state index in [9.17, 15) is 0 Å². The third-order valence-electron chi connectivity index (χ3n) is 3.21. The first kappa shape index (κ1) is 11.8. The molecule has 0 amide bonds. The predicted octanol–water partition coefficient (Wildman–Crippen LogP) is 2.92. The van der Waals surface area contributed by atoms with Gasteiger partial charge in [0.05, 0.1) is 5.54 Å². The van der Waals surface area contributed by atoms with Crippen LogP contribution in [0.5, 0.6) is 0 Å². The first-order chi connectivity index (χ1) is 8.01. The van der Waals surface area contributed by atoms with Crippen molar-refractivity contribution in [2.45, 2.75) is 26.3 Å². The zero-order valence-electron chi connectivity index (χ0n) is 10.6. The van der Waals surface area contributed by atoms with Gasteiger partial charge in [-0.3, -0.25) is 4.98 Å². The van der Waals surface area contributed by atoms with E-state index in [1.165, 1.54) is 11.1 Å². The Balaban J connectivity index is 2.55. The molecule has 0 aliphatic heterocycles. The smallest absolute Gasteiger partial charge is 0.0654 e. The first-order valence-corrected chi connectivity index (χ1v) is 5.79. The highest BCUT2D eigenvalue weighted by molar-refractivity contribution is 5.42. The van der Waals surface area contributed by atoms with Crippen LogP contribution in [0.2, 0.25) is 0 Å². The standard InChI is InChI=1S/C15H18N2/c1-11-6-7-12(2)14(9-11)15(3,16)13-5-4-8-17-10-13/h4-10H,16H2,1-3H3. The molecular weight excluding hydrogens is 208 g/mol. The van der Waals surface area contributed by atoms with Crippen molar-refractivity contribution in [2.75, 3.05) is 0 Å². The van der Waals surface area contributed by atoms with Crippen molar-refractivity contribution >= 4 is 0 Å². The van der Waals surface area contributed by atoms with E-state index >= 15 is 0 Å². The van der Waals surface area contributed by atoms with Gasteiger partial charge in [0.15, 0.2) is 0 Å². The third kappa shape index (κ3) is 2.22. The maximum absolute atomic E-state index is 6.49. The highest BCUT2D eigenvalue weighted by atomic mass is 14.7. The van der Waals surface area contributed by atoms with Crippen molar-refractivity contribution in [3.05, 3.63) is 65.0 Å². The van der Waals surface area contributed by atoms with Crippen LogP contribution in [0.1, 0.15) is 29.2 Å². The van der Waals surface area contributed by atoms with E-state index in [4.69, 9.17) is 5.73 Å². The summed E-state index contributed by atoms with van der Waals surface area (Å²) in [5.41, 5.74) is 10.6. The molecule has 0 saturated carbocycles. The number of nitrogens with zero attached hydrogens (tertiary/aromatic N) is 1. The Labute approximate surface area is 103 Å². The topological polar surface area (TPSA) is 38.9 Å². The number of hydrogen-bond donors (Lipinski definition) is 1. The first-order valence-electron chi connectivity index (χ1n) is 5.79. The molecule has 1 atom stereocenters. The lowest BCUT2D eigenvalue weighted by molar-refractivity contribution is 0.595. The van der Waals surface area contributed by atoms with Gasteiger partial charge in [-0.2, -0.15) is 0 Å². The lowest BCUT2D eigenvalue weighted by Crippen LogP contribution is -2.35. The van der Waals surface area contributed by atoms with Crippen LogP contribution in [0, 0.1) is 13.8 Å². The molecule has 1 unspecified atom stereocenters. The number of aromatic nitrogens is 1. The molecule has 17 heavy (non-hydrogen) atoms. The molecule has 1 aromatic carbocycles. The number of pyridine rings is 1. The summed E-state index contributed by atoms with van der Waals surface area (Å²) >= 11 is 0. The van der Waals surface area contributed by atoms with Crippen LogP contribution in [0.25, 0.3) is 0 Å². The highest BCUT2D eigenvalue weighted by Crippen LogP contribution is 2.28. The molecule has 0 radical (unpaired) electrons. The molecule has 0 aliphatic carbocycles. The predicted molar refractivity (Wildman–Crippen MR) is 70.8 cm³/mol. The molecule has 0 fully saturated rings. The maximum atomic E-state index is 6.49. The molecule has 0 aliphatic rings. The Kier molecular flexibility index (Phi) is 2.99. The summed E-state index contributed by atoms with van der Waals surface area (Å²) in [4.78, 5) is 4.15. The fraction of sp³-hybridized carbons (Fsp3) is 0.267. The van der Waals surface area contributed by atoms with E-state index in [-0.39, 0.29) is 0 Å². The molecule has 0 spiro atoms. The minimum atomic E-state index is -0.496. The summed E-state index contributed by atoms with van der Waals surface area (Å²) in [7, 11) is 0. The Morgan fingerprint density at radius 3 is 2.59 bits per heavy atom. The van der Waals surface area contributed by atoms with Crippen molar-refractivity contribution < 1.29 is 0 Å². The lowest BCUT2D eigenvalue weighted by atomic mass is 9.83. The van der Waals surface area contributed by atoms with Crippen LogP contribution in [0.4, 0.5) is 0 Å². The quantitative estimate of drug-likeness (QED) is 0.855. The van der Waals surface area contributed by atoms with Gasteiger partial charge >= 0.3 is 0 Å². The van der Waals surface area contributed by atoms with Gasteiger partial charge in [0.1, 0.15) is 0 Å². The number of nitrogens with two attached hydrogens (primary N) is 1. The van der Waals surface area contributed by atoms with E-state index in [2.05, 4.69) is 37.0 Å². The Bertz CT molecular complexity index is 516. The molecular formula is C15H18N2. The number of hydrogen-bond acceptors (Lipinski definition) is 2. The Hall–Kier alpha value is -1.67. The fourth-order valence-corrected chi connectivity index (χ4v) is 2.12. The largest absolute Gasteiger partial charge is 0.318 e. The van der Waals surface area contributed by atoms with E-state index < -0.39 is 5.54 Å². The summed E-state index contributed by atoms with van der Waals surface area (Å²) in [6, 6.07) is 10.3. The van der Waals surface area contributed by atoms with E-state index in [0.717, 1.165) is 11.1 Å². The van der Waals surface area contributed by atoms with Crippen LogP contribution >= 0.6 is 0 Å². The van der Waals surface area contributed by atoms with Gasteiger partial charge in [0.25, 0.3) is 0 Å². The van der Waals surface area contributed by atoms with Crippen LogP contribution in [0.3, 0.4) is 0 Å². The zero-order valence-corrected chi connectivity index (χ0v) is 10.6. The molecule has 2 aromatic rings. The van der Waals surface area contributed by atoms with Crippen molar-refractivity contribution in [3.8, 4) is 0 Å². The number of aryl methyl sites for hydroxylation is 2. The molecule has 0 bridgehead atoms. The van der Waals surface area contributed by atoms with Crippen molar-refractivity contribution in [2.24, 2.45) is 5.73 Å². The zero-order chi connectivity index (χ0) is 12.5. The summed E-state index contributed by atoms with van der Waals surface area (Å²) in [5.74, 6) is 0. The van der Waals surface area contributed by atoms with Crippen molar-refractivity contribution in [1.29, 1.82) is 0 Å². The van der Waals surface area contributed by atoms with E-state index in [0.29, 0.717) is 0 Å². The Morgan fingerprint density at radius 2 is 1.94 bits per heavy atom. The normalized spacial score (nSPS) is 14.4. The number of benzene rings is 1. The van der Waals surface area contributed by atoms with Gasteiger partial charge in [-0.1, -0.05) is 29.8 Å². The fourth-order valence-electron chi connectivity index (χ4n) is 2.12. The maximum Gasteiger partial charge on any atom is 0.0654 e. The van der Waals surface area contributed by atoms with Gasteiger partial charge in [0.2, 0.25) is 0 Å². The average Bonchev–Trinajstić information content (AvgIpc) is 2.33. The SMILES string of the molecule is Cc1ccc(C)c(C(C)(N)c2cccnc2)c1. The molecule has 2 N–H and O–H groups in total. The minimum Gasteiger partial charge on any atom is -0.318 e. The summed E-state index contributed by atoms with van der Waals surface area (Å²) in [6.45, 7) is 6.21. The molecule has 2 nitrogen and oxygen atoms in total. The lowest BCUT2D eigenvalue weighted by Gasteiger charge is -2.27. The summed E-state index contributed by atoms with van der Waals surface area (Å²) in [5, 5.41) is 0. The molecule has 88 valence electrons. The second-order valence-electron chi connectivity index (χ2n) is 4.76. The van der Waals surface area contributed by atoms with Crippen LogP contribution in [-0.4, -0.2) is 4.98 Å². The second-order valence-corrected chi connectivity index (χ2v) is 4.76. The minimum absolute atomic E-state index is 0.496. The molecule has 1 aromatic heterocycles. The van der Waals surface area contributed by atoms with Crippen LogP contribution in [-0.2, 0) is 5.54 Å². The summed E-state index contributed by atoms with van der Waals surface area (Å²) < 4.78 is 0. The van der Waals surface area contributed by atoms with E-state index in [1.54, 1.807) is 6.20 Å². The van der Waals surface area contributed by atoms with Gasteiger partial charge in [-0.05, 0) is 43.5 Å². The molecule has 0 saturated heterocycles. The van der Waals surface area contributed by atoms with Gasteiger partial charge in [-0.25, -0.2) is 0 Å². The molecule has 1 heterocycles. The Morgan fingerprint density at radius 1 is 1.18 bits per heavy atom. The monoisotopic (exact) mass is 226 g/mol. The van der Waals surface area contributed by atoms with E-state index in [1.807, 2.05) is 25.3 Å². The van der Waals surface area contributed by atoms with Crippen molar-refractivity contribution in [1.82, 2.24) is 4.98 Å². The van der Waals surface area contributed by atoms with Crippen molar-refractivity contribution in [3.63, 3.8) is 0 Å². The summed E-state index contributed by atoms with van der Waals surface area (Å²) in [6.07, 6.45) is 3.60. The third-order valence-corrected chi connectivity index (χ3v) is 3.21. The van der Waals surface area contributed by atoms with Crippen LogP contribution < -0.4 is 5.73 Å². The van der Waals surface area contributed by atoms with Gasteiger partial charge in [0, 0.05) is 12.4 Å².